The molecule has 114 valence electrons. The lowest BCUT2D eigenvalue weighted by Gasteiger charge is -2.03. The fraction of sp³-hybridized carbons (Fsp3) is 0.125. The Morgan fingerprint density at radius 2 is 2.04 bits per heavy atom. The third-order valence-electron chi connectivity index (χ3n) is 3.52. The molecular formula is C16H12N4O3. The fourth-order valence-electron chi connectivity index (χ4n) is 2.41. The molecule has 3 aromatic rings. The van der Waals surface area contributed by atoms with Crippen molar-refractivity contribution in [2.45, 2.75) is 6.42 Å². The molecule has 7 heteroatoms. The van der Waals surface area contributed by atoms with E-state index >= 15 is 0 Å². The van der Waals surface area contributed by atoms with Gasteiger partial charge in [0.2, 0.25) is 0 Å². The molecule has 0 aliphatic heterocycles. The van der Waals surface area contributed by atoms with E-state index in [1.807, 2.05) is 12.1 Å². The van der Waals surface area contributed by atoms with Gasteiger partial charge < -0.3 is 4.74 Å². The summed E-state index contributed by atoms with van der Waals surface area (Å²) >= 11 is 0. The third-order valence-corrected chi connectivity index (χ3v) is 3.52. The summed E-state index contributed by atoms with van der Waals surface area (Å²) in [7, 11) is 1.58. The maximum absolute atomic E-state index is 11.0. The summed E-state index contributed by atoms with van der Waals surface area (Å²) in [5, 5.41) is 20.0. The van der Waals surface area contributed by atoms with Gasteiger partial charge in [-0.1, -0.05) is 0 Å². The summed E-state index contributed by atoms with van der Waals surface area (Å²) in [6, 6.07) is 12.4. The van der Waals surface area contributed by atoms with Gasteiger partial charge in [-0.15, -0.1) is 0 Å². The molecule has 0 N–H and O–H groups in total. The second-order valence-electron chi connectivity index (χ2n) is 4.84. The van der Waals surface area contributed by atoms with Crippen LogP contribution in [0, 0.1) is 21.4 Å². The quantitative estimate of drug-likeness (QED) is 0.545. The molecule has 23 heavy (non-hydrogen) atoms. The number of ether oxygens (including phenoxy) is 1. The van der Waals surface area contributed by atoms with E-state index in [9.17, 15) is 10.1 Å². The molecule has 0 saturated heterocycles. The number of nitriles is 1. The molecule has 0 aliphatic rings. The average Bonchev–Trinajstić information content (AvgIpc) is 2.93. The van der Waals surface area contributed by atoms with Crippen LogP contribution in [0.1, 0.15) is 5.69 Å². The Morgan fingerprint density at radius 3 is 2.65 bits per heavy atom. The first-order valence-electron chi connectivity index (χ1n) is 6.81. The number of nitrogens with zero attached hydrogens (tertiary/aromatic N) is 4. The van der Waals surface area contributed by atoms with Gasteiger partial charge in [0.25, 0.3) is 5.69 Å². The van der Waals surface area contributed by atoms with Gasteiger partial charge in [0, 0.05) is 11.6 Å². The van der Waals surface area contributed by atoms with E-state index in [4.69, 9.17) is 10.00 Å². The van der Waals surface area contributed by atoms with E-state index < -0.39 is 4.92 Å². The van der Waals surface area contributed by atoms with Gasteiger partial charge in [-0.2, -0.15) is 5.26 Å². The largest absolute Gasteiger partial charge is 0.497 e. The molecular weight excluding hydrogens is 296 g/mol. The Morgan fingerprint density at radius 1 is 1.30 bits per heavy atom. The molecule has 0 amide bonds. The molecule has 3 rings (SSSR count). The summed E-state index contributed by atoms with van der Waals surface area (Å²) in [4.78, 5) is 15.0. The molecule has 0 unspecified atom stereocenters. The zero-order valence-corrected chi connectivity index (χ0v) is 12.3. The van der Waals surface area contributed by atoms with Crippen LogP contribution in [0.25, 0.3) is 16.9 Å². The van der Waals surface area contributed by atoms with Crippen LogP contribution in [0.2, 0.25) is 0 Å². The number of fused-ring (bicyclic) bond motifs is 1. The maximum Gasteiger partial charge on any atom is 0.286 e. The van der Waals surface area contributed by atoms with Crippen molar-refractivity contribution >= 4 is 11.3 Å². The molecule has 0 aliphatic carbocycles. The van der Waals surface area contributed by atoms with Crippen LogP contribution in [-0.2, 0) is 6.42 Å². The average molecular weight is 308 g/mol. The van der Waals surface area contributed by atoms with Crippen molar-refractivity contribution in [2.24, 2.45) is 0 Å². The lowest BCUT2D eigenvalue weighted by atomic mass is 10.1. The number of hydrogen-bond donors (Lipinski definition) is 0. The normalized spacial score (nSPS) is 10.4. The van der Waals surface area contributed by atoms with Crippen molar-refractivity contribution in [3.8, 4) is 23.1 Å². The predicted octanol–water partition coefficient (Wildman–Crippen LogP) is 2.98. The van der Waals surface area contributed by atoms with Gasteiger partial charge >= 0.3 is 0 Å². The second-order valence-corrected chi connectivity index (χ2v) is 4.84. The summed E-state index contributed by atoms with van der Waals surface area (Å²) < 4.78 is 6.73. The molecule has 1 aromatic carbocycles. The number of aromatic nitrogens is 2. The molecule has 0 fully saturated rings. The highest BCUT2D eigenvalue weighted by Gasteiger charge is 2.16. The highest BCUT2D eigenvalue weighted by molar-refractivity contribution is 5.68. The van der Waals surface area contributed by atoms with Gasteiger partial charge in [-0.05, 0) is 30.3 Å². The van der Waals surface area contributed by atoms with Crippen LogP contribution in [0.3, 0.4) is 0 Å². The van der Waals surface area contributed by atoms with E-state index in [2.05, 4.69) is 11.1 Å². The van der Waals surface area contributed by atoms with Crippen molar-refractivity contribution in [1.82, 2.24) is 9.38 Å². The van der Waals surface area contributed by atoms with Crippen LogP contribution in [0.15, 0.2) is 42.6 Å². The molecule has 0 bridgehead atoms. The van der Waals surface area contributed by atoms with Gasteiger partial charge in [0.1, 0.15) is 11.4 Å². The monoisotopic (exact) mass is 308 g/mol. The number of imidazole rings is 1. The van der Waals surface area contributed by atoms with Crippen LogP contribution < -0.4 is 4.74 Å². The number of pyridine rings is 1. The van der Waals surface area contributed by atoms with Gasteiger partial charge in [0.15, 0.2) is 0 Å². The highest BCUT2D eigenvalue weighted by atomic mass is 16.6. The lowest BCUT2D eigenvalue weighted by Crippen LogP contribution is -1.96. The van der Waals surface area contributed by atoms with Crippen LogP contribution >= 0.6 is 0 Å². The minimum atomic E-state index is -0.470. The molecule has 0 radical (unpaired) electrons. The van der Waals surface area contributed by atoms with E-state index in [-0.39, 0.29) is 12.1 Å². The Hall–Kier alpha value is -3.40. The van der Waals surface area contributed by atoms with Crippen molar-refractivity contribution in [1.29, 1.82) is 5.26 Å². The van der Waals surface area contributed by atoms with Crippen LogP contribution in [0.4, 0.5) is 5.69 Å². The third kappa shape index (κ3) is 2.58. The van der Waals surface area contributed by atoms with Crippen LogP contribution in [0.5, 0.6) is 5.75 Å². The molecule has 0 atom stereocenters. The first-order valence-corrected chi connectivity index (χ1v) is 6.81. The highest BCUT2D eigenvalue weighted by Crippen LogP contribution is 2.27. The van der Waals surface area contributed by atoms with Gasteiger partial charge in [-0.25, -0.2) is 4.98 Å². The molecule has 2 aromatic heterocycles. The Kier molecular flexibility index (Phi) is 3.65. The van der Waals surface area contributed by atoms with Crippen molar-refractivity contribution in [2.75, 3.05) is 7.11 Å². The number of benzene rings is 1. The lowest BCUT2D eigenvalue weighted by molar-refractivity contribution is -0.385. The van der Waals surface area contributed by atoms with E-state index in [1.54, 1.807) is 29.7 Å². The zero-order valence-electron chi connectivity index (χ0n) is 12.3. The molecule has 7 nitrogen and oxygen atoms in total. The number of hydrogen-bond acceptors (Lipinski definition) is 5. The minimum Gasteiger partial charge on any atom is -0.497 e. The van der Waals surface area contributed by atoms with Gasteiger partial charge in [-0.3, -0.25) is 14.5 Å². The topological polar surface area (TPSA) is 93.5 Å². The maximum atomic E-state index is 11.0. The molecule has 0 spiro atoms. The summed E-state index contributed by atoms with van der Waals surface area (Å²) in [6.45, 7) is 0. The van der Waals surface area contributed by atoms with E-state index in [1.165, 1.54) is 12.3 Å². The standard InChI is InChI=1S/C16H12N4O3/c1-23-13-5-2-11(3-6-13)16-14(8-9-17)19-10-12(20(21)22)4-7-15(19)18-16/h2-7,10H,8H2,1H3. The predicted molar refractivity (Wildman–Crippen MR) is 83.2 cm³/mol. The minimum absolute atomic E-state index is 0.0460. The summed E-state index contributed by atoms with van der Waals surface area (Å²) in [6.07, 6.45) is 1.49. The SMILES string of the molecule is COc1ccc(-c2nc3ccc([N+](=O)[O-])cn3c2CC#N)cc1. The van der Waals surface area contributed by atoms with Crippen LogP contribution in [-0.4, -0.2) is 21.4 Å². The Balaban J connectivity index is 2.20. The molecule has 2 heterocycles. The van der Waals surface area contributed by atoms with Crippen molar-refractivity contribution in [3.05, 3.63) is 58.4 Å². The van der Waals surface area contributed by atoms with E-state index in [0.29, 0.717) is 17.0 Å². The zero-order chi connectivity index (χ0) is 16.4. The van der Waals surface area contributed by atoms with E-state index in [0.717, 1.165) is 11.3 Å². The number of rotatable bonds is 4. The first kappa shape index (κ1) is 14.5. The first-order chi connectivity index (χ1) is 11.1. The molecule has 0 saturated carbocycles. The summed E-state index contributed by atoms with van der Waals surface area (Å²) in [5.74, 6) is 0.718. The summed E-state index contributed by atoms with van der Waals surface area (Å²) in [5.41, 5.74) is 2.59. The Bertz CT molecular complexity index is 923. The number of methoxy groups -OCH3 is 1. The Labute approximate surface area is 131 Å². The second kappa shape index (κ2) is 5.77. The van der Waals surface area contributed by atoms with Crippen molar-refractivity contribution in [3.63, 3.8) is 0 Å². The number of nitro groups is 1. The smallest absolute Gasteiger partial charge is 0.286 e. The van der Waals surface area contributed by atoms with Crippen molar-refractivity contribution < 1.29 is 9.66 Å². The fourth-order valence-corrected chi connectivity index (χ4v) is 2.41. The van der Waals surface area contributed by atoms with Gasteiger partial charge in [0.05, 0.1) is 42.1 Å².